The average molecular weight is 194 g/mol. The van der Waals surface area contributed by atoms with E-state index in [-0.39, 0.29) is 0 Å². The van der Waals surface area contributed by atoms with Crippen LogP contribution in [0.2, 0.25) is 0 Å². The third kappa shape index (κ3) is 2.07. The second-order valence-electron chi connectivity index (χ2n) is 3.97. The highest BCUT2D eigenvalue weighted by atomic mass is 32.1. The smallest absolute Gasteiger partial charge is 0.113 e. The van der Waals surface area contributed by atoms with Crippen LogP contribution < -0.4 is 0 Å². The molecule has 70 valence electrons. The van der Waals surface area contributed by atoms with Crippen molar-refractivity contribution in [2.75, 3.05) is 0 Å². The summed E-state index contributed by atoms with van der Waals surface area (Å²) in [4.78, 5) is 4.45. The van der Waals surface area contributed by atoms with E-state index in [2.05, 4.69) is 24.9 Å². The van der Waals surface area contributed by atoms with Crippen molar-refractivity contribution in [3.05, 3.63) is 16.1 Å². The van der Waals surface area contributed by atoms with Crippen molar-refractivity contribution in [3.63, 3.8) is 0 Å². The van der Waals surface area contributed by atoms with Crippen molar-refractivity contribution in [3.8, 4) is 6.07 Å². The predicted molar refractivity (Wildman–Crippen MR) is 54.8 cm³/mol. The summed E-state index contributed by atoms with van der Waals surface area (Å²) in [5.41, 5.74) is 0.640. The zero-order chi connectivity index (χ0) is 10.1. The summed E-state index contributed by atoms with van der Waals surface area (Å²) in [6.45, 7) is 8.02. The van der Waals surface area contributed by atoms with Crippen LogP contribution in [0.4, 0.5) is 0 Å². The van der Waals surface area contributed by atoms with Gasteiger partial charge in [0.05, 0.1) is 11.8 Å². The number of nitriles is 1. The Morgan fingerprint density at radius 1 is 1.54 bits per heavy atom. The molecule has 0 spiro atoms. The van der Waals surface area contributed by atoms with Crippen LogP contribution in [0.5, 0.6) is 0 Å². The second kappa shape index (κ2) is 3.47. The molecule has 0 unspecified atom stereocenters. The van der Waals surface area contributed by atoms with Gasteiger partial charge in [-0.1, -0.05) is 13.8 Å². The zero-order valence-electron chi connectivity index (χ0n) is 8.46. The van der Waals surface area contributed by atoms with E-state index in [1.165, 1.54) is 0 Å². The first kappa shape index (κ1) is 10.2. The molecular weight excluding hydrogens is 180 g/mol. The van der Waals surface area contributed by atoms with E-state index in [4.69, 9.17) is 5.26 Å². The van der Waals surface area contributed by atoms with Crippen LogP contribution in [-0.2, 0) is 5.41 Å². The minimum atomic E-state index is -0.447. The van der Waals surface area contributed by atoms with E-state index in [1.54, 1.807) is 11.3 Å². The minimum absolute atomic E-state index is 0.444. The normalized spacial score (nSPS) is 11.7. The average Bonchev–Trinajstić information content (AvgIpc) is 2.52. The van der Waals surface area contributed by atoms with Crippen molar-refractivity contribution < 1.29 is 0 Å². The van der Waals surface area contributed by atoms with Crippen molar-refractivity contribution in [1.29, 1.82) is 5.26 Å². The molecule has 2 nitrogen and oxygen atoms in total. The molecule has 0 aliphatic carbocycles. The van der Waals surface area contributed by atoms with Crippen LogP contribution in [0.15, 0.2) is 5.38 Å². The monoisotopic (exact) mass is 194 g/mol. The maximum atomic E-state index is 8.91. The largest absolute Gasteiger partial charge is 0.244 e. The summed E-state index contributed by atoms with van der Waals surface area (Å²) in [7, 11) is 0. The van der Waals surface area contributed by atoms with E-state index < -0.39 is 5.41 Å². The molecule has 0 saturated heterocycles. The maximum absolute atomic E-state index is 8.91. The first-order chi connectivity index (χ1) is 5.97. The molecule has 0 amide bonds. The van der Waals surface area contributed by atoms with Crippen LogP contribution in [0.25, 0.3) is 0 Å². The highest BCUT2D eigenvalue weighted by molar-refractivity contribution is 7.09. The second-order valence-corrected chi connectivity index (χ2v) is 4.83. The summed E-state index contributed by atoms with van der Waals surface area (Å²) in [6, 6.07) is 2.26. The van der Waals surface area contributed by atoms with Gasteiger partial charge < -0.3 is 0 Å². The Morgan fingerprint density at radius 3 is 2.54 bits per heavy atom. The Bertz CT molecular complexity index is 331. The molecular formula is C10H14N2S. The Kier molecular flexibility index (Phi) is 2.72. The number of aromatic nitrogens is 1. The molecule has 3 heteroatoms. The van der Waals surface area contributed by atoms with Crippen LogP contribution in [0.1, 0.15) is 44.3 Å². The molecule has 0 aliphatic heterocycles. The molecule has 1 aromatic heterocycles. The molecule has 0 bridgehead atoms. The molecule has 13 heavy (non-hydrogen) atoms. The number of hydrogen-bond acceptors (Lipinski definition) is 3. The highest BCUT2D eigenvalue weighted by Gasteiger charge is 2.23. The third-order valence-electron chi connectivity index (χ3n) is 1.93. The maximum Gasteiger partial charge on any atom is 0.113 e. The van der Waals surface area contributed by atoms with Crippen molar-refractivity contribution in [2.45, 2.75) is 39.0 Å². The van der Waals surface area contributed by atoms with Crippen molar-refractivity contribution in [2.24, 2.45) is 0 Å². The molecule has 1 aromatic rings. The first-order valence-corrected chi connectivity index (χ1v) is 5.22. The van der Waals surface area contributed by atoms with Gasteiger partial charge in [-0.05, 0) is 19.8 Å². The van der Waals surface area contributed by atoms with Crippen LogP contribution in [0, 0.1) is 11.3 Å². The first-order valence-electron chi connectivity index (χ1n) is 4.34. The number of rotatable bonds is 2. The van der Waals surface area contributed by atoms with Crippen LogP contribution in [0.3, 0.4) is 0 Å². The van der Waals surface area contributed by atoms with E-state index in [0.29, 0.717) is 5.92 Å². The topological polar surface area (TPSA) is 36.7 Å². The fourth-order valence-electron chi connectivity index (χ4n) is 0.886. The van der Waals surface area contributed by atoms with Gasteiger partial charge in [-0.3, -0.25) is 0 Å². The molecule has 0 radical (unpaired) electrons. The van der Waals surface area contributed by atoms with E-state index in [9.17, 15) is 0 Å². The third-order valence-corrected chi connectivity index (χ3v) is 3.11. The Balaban J connectivity index is 3.00. The summed E-state index contributed by atoms with van der Waals surface area (Å²) in [5, 5.41) is 11.9. The van der Waals surface area contributed by atoms with E-state index >= 15 is 0 Å². The summed E-state index contributed by atoms with van der Waals surface area (Å²) < 4.78 is 0. The molecule has 1 rings (SSSR count). The fraction of sp³-hybridized carbons (Fsp3) is 0.600. The standard InChI is InChI=1S/C10H14N2S/c1-7(2)8-5-13-9(12-8)10(3,4)6-11/h5,7H,1-4H3. The Labute approximate surface area is 83.2 Å². The van der Waals surface area contributed by atoms with Gasteiger partial charge in [-0.15, -0.1) is 11.3 Å². The van der Waals surface area contributed by atoms with Gasteiger partial charge in [0.15, 0.2) is 0 Å². The molecule has 0 fully saturated rings. The number of hydrogen-bond donors (Lipinski definition) is 0. The van der Waals surface area contributed by atoms with Gasteiger partial charge >= 0.3 is 0 Å². The molecule has 1 heterocycles. The lowest BCUT2D eigenvalue weighted by Gasteiger charge is -2.10. The van der Waals surface area contributed by atoms with E-state index in [1.807, 2.05) is 19.2 Å². The lowest BCUT2D eigenvalue weighted by molar-refractivity contribution is 0.670. The van der Waals surface area contributed by atoms with Gasteiger partial charge in [0, 0.05) is 5.38 Å². The summed E-state index contributed by atoms with van der Waals surface area (Å²) >= 11 is 1.58. The molecule has 0 N–H and O–H groups in total. The van der Waals surface area contributed by atoms with Gasteiger partial charge in [0.2, 0.25) is 0 Å². The number of nitrogens with zero attached hydrogens (tertiary/aromatic N) is 2. The van der Waals surface area contributed by atoms with Crippen molar-refractivity contribution in [1.82, 2.24) is 4.98 Å². The molecule has 0 aromatic carbocycles. The van der Waals surface area contributed by atoms with Crippen LogP contribution >= 0.6 is 11.3 Å². The van der Waals surface area contributed by atoms with Gasteiger partial charge in [-0.2, -0.15) is 5.26 Å². The van der Waals surface area contributed by atoms with E-state index in [0.717, 1.165) is 10.7 Å². The van der Waals surface area contributed by atoms with Crippen LogP contribution in [-0.4, -0.2) is 4.98 Å². The van der Waals surface area contributed by atoms with Gasteiger partial charge in [-0.25, -0.2) is 4.98 Å². The highest BCUT2D eigenvalue weighted by Crippen LogP contribution is 2.27. The Hall–Kier alpha value is -0.880. The van der Waals surface area contributed by atoms with Gasteiger partial charge in [0.25, 0.3) is 0 Å². The van der Waals surface area contributed by atoms with Gasteiger partial charge in [0.1, 0.15) is 10.4 Å². The number of thiazole rings is 1. The molecule has 0 atom stereocenters. The summed E-state index contributed by atoms with van der Waals surface area (Å²) in [5.74, 6) is 0.444. The minimum Gasteiger partial charge on any atom is -0.244 e. The molecule has 0 saturated carbocycles. The quantitative estimate of drug-likeness (QED) is 0.725. The SMILES string of the molecule is CC(C)c1csc(C(C)(C)C#N)n1. The predicted octanol–water partition coefficient (Wildman–Crippen LogP) is 3.07. The molecule has 0 aliphatic rings. The Morgan fingerprint density at radius 2 is 2.15 bits per heavy atom. The lowest BCUT2D eigenvalue weighted by Crippen LogP contribution is -2.13. The van der Waals surface area contributed by atoms with Crippen molar-refractivity contribution >= 4 is 11.3 Å². The summed E-state index contributed by atoms with van der Waals surface area (Å²) in [6.07, 6.45) is 0. The zero-order valence-corrected chi connectivity index (χ0v) is 9.27. The lowest BCUT2D eigenvalue weighted by atomic mass is 9.97. The fourth-order valence-corrected chi connectivity index (χ4v) is 1.94.